The lowest BCUT2D eigenvalue weighted by molar-refractivity contribution is -0.141. The number of carbonyl (C=O) groups is 3. The van der Waals surface area contributed by atoms with E-state index < -0.39 is 5.97 Å². The Labute approximate surface area is 174 Å². The van der Waals surface area contributed by atoms with E-state index in [1.165, 1.54) is 7.11 Å². The molecule has 0 saturated heterocycles. The van der Waals surface area contributed by atoms with Crippen LogP contribution in [0.3, 0.4) is 0 Å². The van der Waals surface area contributed by atoms with Crippen LogP contribution in [0.5, 0.6) is 5.75 Å². The van der Waals surface area contributed by atoms with Gasteiger partial charge in [-0.05, 0) is 40.6 Å². The lowest BCUT2D eigenvalue weighted by Gasteiger charge is -2.09. The van der Waals surface area contributed by atoms with Crippen LogP contribution in [0, 0.1) is 0 Å². The number of benzene rings is 3. The van der Waals surface area contributed by atoms with Crippen LogP contribution in [0.2, 0.25) is 0 Å². The Morgan fingerprint density at radius 2 is 1.60 bits per heavy atom. The second-order valence-corrected chi connectivity index (χ2v) is 6.57. The van der Waals surface area contributed by atoms with Crippen LogP contribution in [0.15, 0.2) is 66.7 Å². The summed E-state index contributed by atoms with van der Waals surface area (Å²) in [6, 6.07) is 20.5. The average Bonchev–Trinajstić information content (AvgIpc) is 2.77. The lowest BCUT2D eigenvalue weighted by Crippen LogP contribution is -2.31. The first-order valence-electron chi connectivity index (χ1n) is 9.37. The Morgan fingerprint density at radius 1 is 0.867 bits per heavy atom. The Morgan fingerprint density at radius 3 is 2.33 bits per heavy atom. The summed E-state index contributed by atoms with van der Waals surface area (Å²) in [4.78, 5) is 35.0. The van der Waals surface area contributed by atoms with Crippen molar-refractivity contribution in [1.82, 2.24) is 5.32 Å². The maximum atomic E-state index is 12.1. The van der Waals surface area contributed by atoms with Gasteiger partial charge in [-0.3, -0.25) is 14.4 Å². The average molecular weight is 406 g/mol. The van der Waals surface area contributed by atoms with E-state index in [2.05, 4.69) is 15.4 Å². The zero-order valence-electron chi connectivity index (χ0n) is 16.5. The number of nitrogens with one attached hydrogen (secondary N) is 2. The standard InChI is InChI=1S/C23H22N2O5/c1-29-23(28)14-24-21(26)12-16-6-9-19(10-7-16)25-22(27)15-30-20-11-8-17-4-2-3-5-18(17)13-20/h2-11,13H,12,14-15H2,1H3,(H,24,26)(H,25,27). The van der Waals surface area contributed by atoms with Gasteiger partial charge in [-0.25, -0.2) is 0 Å². The Bertz CT molecular complexity index is 1050. The molecule has 0 heterocycles. The Hall–Kier alpha value is -3.87. The first-order valence-corrected chi connectivity index (χ1v) is 9.37. The van der Waals surface area contributed by atoms with Gasteiger partial charge in [-0.15, -0.1) is 0 Å². The third-order valence-corrected chi connectivity index (χ3v) is 4.35. The molecule has 2 N–H and O–H groups in total. The van der Waals surface area contributed by atoms with Gasteiger partial charge >= 0.3 is 5.97 Å². The SMILES string of the molecule is COC(=O)CNC(=O)Cc1ccc(NC(=O)COc2ccc3ccccc3c2)cc1. The maximum Gasteiger partial charge on any atom is 0.325 e. The van der Waals surface area contributed by atoms with E-state index in [1.54, 1.807) is 24.3 Å². The smallest absolute Gasteiger partial charge is 0.325 e. The van der Waals surface area contributed by atoms with E-state index in [9.17, 15) is 14.4 Å². The van der Waals surface area contributed by atoms with Crippen molar-refractivity contribution < 1.29 is 23.9 Å². The number of fused-ring (bicyclic) bond motifs is 1. The quantitative estimate of drug-likeness (QED) is 0.561. The molecule has 0 aromatic heterocycles. The topological polar surface area (TPSA) is 93.7 Å². The minimum Gasteiger partial charge on any atom is -0.484 e. The first kappa shape index (κ1) is 20.9. The number of ether oxygens (including phenoxy) is 2. The molecule has 30 heavy (non-hydrogen) atoms. The minimum absolute atomic E-state index is 0.115. The summed E-state index contributed by atoms with van der Waals surface area (Å²) in [6.45, 7) is -0.281. The summed E-state index contributed by atoms with van der Waals surface area (Å²) >= 11 is 0. The van der Waals surface area contributed by atoms with Crippen LogP contribution < -0.4 is 15.4 Å². The molecular weight excluding hydrogens is 384 g/mol. The van der Waals surface area contributed by atoms with Crippen molar-refractivity contribution in [2.75, 3.05) is 25.6 Å². The molecule has 0 radical (unpaired) electrons. The molecule has 0 aliphatic heterocycles. The molecule has 0 spiro atoms. The second-order valence-electron chi connectivity index (χ2n) is 6.57. The molecule has 7 nitrogen and oxygen atoms in total. The molecule has 0 aliphatic carbocycles. The highest BCUT2D eigenvalue weighted by Gasteiger charge is 2.08. The van der Waals surface area contributed by atoms with E-state index in [4.69, 9.17) is 4.74 Å². The lowest BCUT2D eigenvalue weighted by atomic mass is 10.1. The van der Waals surface area contributed by atoms with Gasteiger partial charge in [0.05, 0.1) is 13.5 Å². The molecule has 7 heteroatoms. The molecule has 0 fully saturated rings. The summed E-state index contributed by atoms with van der Waals surface area (Å²) in [5.41, 5.74) is 1.35. The summed E-state index contributed by atoms with van der Waals surface area (Å²) in [6.07, 6.45) is 0.121. The van der Waals surface area contributed by atoms with Gasteiger partial charge in [0, 0.05) is 5.69 Å². The van der Waals surface area contributed by atoms with Crippen LogP contribution in [0.4, 0.5) is 5.69 Å². The van der Waals surface area contributed by atoms with Crippen molar-refractivity contribution in [3.63, 3.8) is 0 Å². The predicted molar refractivity (Wildman–Crippen MR) is 113 cm³/mol. The monoisotopic (exact) mass is 406 g/mol. The molecule has 3 rings (SSSR count). The fourth-order valence-corrected chi connectivity index (χ4v) is 2.80. The van der Waals surface area contributed by atoms with Crippen LogP contribution in [-0.2, 0) is 25.5 Å². The number of methoxy groups -OCH3 is 1. The number of amides is 2. The second kappa shape index (κ2) is 10.1. The number of hydrogen-bond donors (Lipinski definition) is 2. The molecule has 0 atom stereocenters. The molecule has 3 aromatic carbocycles. The summed E-state index contributed by atoms with van der Waals surface area (Å²) in [5, 5.41) is 7.37. The van der Waals surface area contributed by atoms with E-state index in [1.807, 2.05) is 42.5 Å². The van der Waals surface area contributed by atoms with E-state index in [0.29, 0.717) is 11.4 Å². The molecule has 0 unspecified atom stereocenters. The number of esters is 1. The van der Waals surface area contributed by atoms with Crippen LogP contribution >= 0.6 is 0 Å². The molecule has 0 bridgehead atoms. The summed E-state index contributed by atoms with van der Waals surface area (Å²) < 4.78 is 10.0. The van der Waals surface area contributed by atoms with E-state index in [-0.39, 0.29) is 31.4 Å². The van der Waals surface area contributed by atoms with Gasteiger partial charge < -0.3 is 20.1 Å². The summed E-state index contributed by atoms with van der Waals surface area (Å²) in [5.74, 6) is -0.461. The molecule has 2 amide bonds. The first-order chi connectivity index (χ1) is 14.5. The van der Waals surface area contributed by atoms with Crippen molar-refractivity contribution in [1.29, 1.82) is 0 Å². The van der Waals surface area contributed by atoms with Crippen molar-refractivity contribution in [2.45, 2.75) is 6.42 Å². The highest BCUT2D eigenvalue weighted by molar-refractivity contribution is 5.92. The molecule has 0 aliphatic rings. The van der Waals surface area contributed by atoms with Crippen molar-refractivity contribution in [2.24, 2.45) is 0 Å². The summed E-state index contributed by atoms with van der Waals surface area (Å²) in [7, 11) is 1.26. The van der Waals surface area contributed by atoms with Gasteiger partial charge in [-0.1, -0.05) is 42.5 Å². The highest BCUT2D eigenvalue weighted by Crippen LogP contribution is 2.20. The highest BCUT2D eigenvalue weighted by atomic mass is 16.5. The van der Waals surface area contributed by atoms with Gasteiger partial charge in [-0.2, -0.15) is 0 Å². The predicted octanol–water partition coefficient (Wildman–Crippen LogP) is 2.69. The van der Waals surface area contributed by atoms with Crippen molar-refractivity contribution >= 4 is 34.2 Å². The third kappa shape index (κ3) is 6.07. The van der Waals surface area contributed by atoms with Crippen LogP contribution in [0.1, 0.15) is 5.56 Å². The molecule has 154 valence electrons. The largest absolute Gasteiger partial charge is 0.484 e. The maximum absolute atomic E-state index is 12.1. The number of hydrogen-bond acceptors (Lipinski definition) is 5. The van der Waals surface area contributed by atoms with Crippen molar-refractivity contribution in [3.8, 4) is 5.75 Å². The fourth-order valence-electron chi connectivity index (χ4n) is 2.80. The zero-order chi connectivity index (χ0) is 21.3. The zero-order valence-corrected chi connectivity index (χ0v) is 16.5. The van der Waals surface area contributed by atoms with Crippen LogP contribution in [-0.4, -0.2) is 38.0 Å². The number of anilines is 1. The van der Waals surface area contributed by atoms with E-state index in [0.717, 1.165) is 16.3 Å². The van der Waals surface area contributed by atoms with Gasteiger partial charge in [0.1, 0.15) is 12.3 Å². The fraction of sp³-hybridized carbons (Fsp3) is 0.174. The van der Waals surface area contributed by atoms with Crippen molar-refractivity contribution in [3.05, 3.63) is 72.3 Å². The third-order valence-electron chi connectivity index (χ3n) is 4.35. The Balaban J connectivity index is 1.46. The van der Waals surface area contributed by atoms with Gasteiger partial charge in [0.15, 0.2) is 6.61 Å². The minimum atomic E-state index is -0.507. The number of carbonyl (C=O) groups excluding carboxylic acids is 3. The Kier molecular flexibility index (Phi) is 7.00. The molecular formula is C23H22N2O5. The number of rotatable bonds is 8. The molecule has 3 aromatic rings. The van der Waals surface area contributed by atoms with Crippen LogP contribution in [0.25, 0.3) is 10.8 Å². The molecule has 0 saturated carbocycles. The van der Waals surface area contributed by atoms with E-state index >= 15 is 0 Å². The normalized spacial score (nSPS) is 10.3. The van der Waals surface area contributed by atoms with Gasteiger partial charge in [0.25, 0.3) is 5.91 Å². The van der Waals surface area contributed by atoms with Gasteiger partial charge in [0.2, 0.25) is 5.91 Å².